The highest BCUT2D eigenvalue weighted by atomic mass is 35.5. The van der Waals surface area contributed by atoms with Gasteiger partial charge in [0.15, 0.2) is 5.75 Å². The molecule has 1 spiro atoms. The number of aromatic nitrogens is 2. The Morgan fingerprint density at radius 2 is 1.88 bits per heavy atom. The first kappa shape index (κ1) is 21.5. The molecule has 3 aliphatic heterocycles. The zero-order valence-corrected chi connectivity index (χ0v) is 19.0. The van der Waals surface area contributed by atoms with Crippen LogP contribution in [-0.4, -0.2) is 41.7 Å². The molecule has 0 unspecified atom stereocenters. The third kappa shape index (κ3) is 3.45. The van der Waals surface area contributed by atoms with Gasteiger partial charge in [0.25, 0.3) is 0 Å². The predicted molar refractivity (Wildman–Crippen MR) is 125 cm³/mol. The fourth-order valence-corrected chi connectivity index (χ4v) is 5.24. The van der Waals surface area contributed by atoms with E-state index in [-0.39, 0.29) is 18.6 Å². The van der Waals surface area contributed by atoms with Crippen LogP contribution in [0.4, 0.5) is 4.39 Å². The standard InChI is InChI=1S/C25H22ClFN4O3/c26-21-11-18-20(12-30-21)34-19-4-3-15(16-2-1-7-29-23(16)27)10-17(19)25(18)13-33-22(24(28)31-25)14-5-8-32-9-6-14/h1-4,7,10-12,14,22H,5-6,8-9,13H2,(H2,28,31)/t22-,25+/m1/s1. The van der Waals surface area contributed by atoms with E-state index >= 15 is 0 Å². The van der Waals surface area contributed by atoms with Gasteiger partial charge >= 0.3 is 0 Å². The summed E-state index contributed by atoms with van der Waals surface area (Å²) in [6.07, 6.45) is 4.44. The molecule has 3 aromatic rings. The van der Waals surface area contributed by atoms with Gasteiger partial charge in [-0.2, -0.15) is 4.39 Å². The normalized spacial score (nSPS) is 24.2. The summed E-state index contributed by atoms with van der Waals surface area (Å²) in [4.78, 5) is 13.0. The molecule has 0 radical (unpaired) electrons. The number of fused-ring (bicyclic) bond motifs is 4. The van der Waals surface area contributed by atoms with Crippen molar-refractivity contribution in [3.05, 3.63) is 71.0 Å². The van der Waals surface area contributed by atoms with Gasteiger partial charge in [0.2, 0.25) is 5.95 Å². The van der Waals surface area contributed by atoms with Crippen molar-refractivity contribution in [1.29, 1.82) is 0 Å². The van der Waals surface area contributed by atoms with Gasteiger partial charge in [-0.15, -0.1) is 0 Å². The smallest absolute Gasteiger partial charge is 0.220 e. The Bertz CT molecular complexity index is 1300. The van der Waals surface area contributed by atoms with Gasteiger partial charge in [-0.05, 0) is 54.7 Å². The Labute approximate surface area is 200 Å². The number of nitrogens with zero attached hydrogens (tertiary/aromatic N) is 3. The van der Waals surface area contributed by atoms with Gasteiger partial charge in [-0.1, -0.05) is 17.7 Å². The highest BCUT2D eigenvalue weighted by Gasteiger charge is 2.48. The number of benzene rings is 1. The summed E-state index contributed by atoms with van der Waals surface area (Å²) >= 11 is 6.28. The topological polar surface area (TPSA) is 91.9 Å². The highest BCUT2D eigenvalue weighted by Crippen LogP contribution is 2.52. The molecule has 9 heteroatoms. The molecule has 2 N–H and O–H groups in total. The van der Waals surface area contributed by atoms with Crippen molar-refractivity contribution in [1.82, 2.24) is 9.97 Å². The van der Waals surface area contributed by atoms with E-state index in [1.807, 2.05) is 6.07 Å². The number of halogens is 2. The number of amidine groups is 1. The number of pyridine rings is 2. The Hall–Kier alpha value is -3.07. The van der Waals surface area contributed by atoms with Gasteiger partial charge in [-0.25, -0.2) is 9.97 Å². The van der Waals surface area contributed by atoms with Gasteiger partial charge in [0.05, 0.1) is 12.8 Å². The van der Waals surface area contributed by atoms with Crippen molar-refractivity contribution in [2.45, 2.75) is 24.5 Å². The number of hydrogen-bond acceptors (Lipinski definition) is 7. The molecule has 6 rings (SSSR count). The lowest BCUT2D eigenvalue weighted by molar-refractivity contribution is -0.0237. The second kappa shape index (κ2) is 8.30. The molecule has 2 atom stereocenters. The minimum atomic E-state index is -1.00. The van der Waals surface area contributed by atoms with Crippen LogP contribution in [0, 0.1) is 11.9 Å². The maximum Gasteiger partial charge on any atom is 0.220 e. The fourth-order valence-electron chi connectivity index (χ4n) is 5.08. The Morgan fingerprint density at radius 1 is 1.06 bits per heavy atom. The Morgan fingerprint density at radius 3 is 2.68 bits per heavy atom. The summed E-state index contributed by atoms with van der Waals surface area (Å²) in [5.41, 5.74) is 8.02. The van der Waals surface area contributed by atoms with Gasteiger partial charge in [0.1, 0.15) is 28.4 Å². The van der Waals surface area contributed by atoms with E-state index in [1.54, 1.807) is 36.5 Å². The fraction of sp³-hybridized carbons (Fsp3) is 0.320. The molecule has 7 nitrogen and oxygen atoms in total. The number of ether oxygens (including phenoxy) is 3. The lowest BCUT2D eigenvalue weighted by atomic mass is 9.79. The average molecular weight is 481 g/mol. The predicted octanol–water partition coefficient (Wildman–Crippen LogP) is 4.47. The van der Waals surface area contributed by atoms with Crippen LogP contribution in [0.25, 0.3) is 11.1 Å². The molecule has 1 aromatic carbocycles. The largest absolute Gasteiger partial charge is 0.455 e. The molecule has 34 heavy (non-hydrogen) atoms. The molecule has 174 valence electrons. The van der Waals surface area contributed by atoms with E-state index in [1.165, 1.54) is 6.20 Å². The van der Waals surface area contributed by atoms with Crippen LogP contribution in [0.5, 0.6) is 11.5 Å². The lowest BCUT2D eigenvalue weighted by Crippen LogP contribution is -2.50. The molecule has 5 heterocycles. The minimum absolute atomic E-state index is 0.235. The van der Waals surface area contributed by atoms with Gasteiger partial charge in [0, 0.05) is 36.1 Å². The summed E-state index contributed by atoms with van der Waals surface area (Å²) < 4.78 is 32.6. The molecule has 0 aliphatic carbocycles. The summed E-state index contributed by atoms with van der Waals surface area (Å²) in [7, 11) is 0. The summed E-state index contributed by atoms with van der Waals surface area (Å²) in [5.74, 6) is 1.22. The van der Waals surface area contributed by atoms with Crippen molar-refractivity contribution in [3.63, 3.8) is 0 Å². The first-order chi connectivity index (χ1) is 16.5. The molecule has 0 amide bonds. The van der Waals surface area contributed by atoms with E-state index in [0.717, 1.165) is 18.4 Å². The average Bonchev–Trinajstić information content (AvgIpc) is 2.86. The molecule has 0 saturated carbocycles. The van der Waals surface area contributed by atoms with Crippen molar-refractivity contribution in [2.24, 2.45) is 16.6 Å². The molecule has 1 saturated heterocycles. The van der Waals surface area contributed by atoms with E-state index in [4.69, 9.17) is 36.5 Å². The second-order valence-corrected chi connectivity index (χ2v) is 9.12. The van der Waals surface area contributed by atoms with Gasteiger partial charge < -0.3 is 19.9 Å². The second-order valence-electron chi connectivity index (χ2n) is 8.74. The molecule has 3 aliphatic rings. The van der Waals surface area contributed by atoms with Crippen LogP contribution in [0.2, 0.25) is 5.15 Å². The van der Waals surface area contributed by atoms with E-state index in [9.17, 15) is 4.39 Å². The monoisotopic (exact) mass is 480 g/mol. The quantitative estimate of drug-likeness (QED) is 0.544. The maximum absolute atomic E-state index is 14.5. The third-order valence-corrected chi connectivity index (χ3v) is 6.98. The van der Waals surface area contributed by atoms with Crippen LogP contribution in [-0.2, 0) is 15.0 Å². The first-order valence-electron chi connectivity index (χ1n) is 11.2. The zero-order chi connectivity index (χ0) is 23.3. The first-order valence-corrected chi connectivity index (χ1v) is 11.6. The maximum atomic E-state index is 14.5. The molecule has 0 bridgehead atoms. The van der Waals surface area contributed by atoms with Crippen LogP contribution in [0.1, 0.15) is 24.0 Å². The number of nitrogens with two attached hydrogens (primary N) is 1. The summed E-state index contributed by atoms with van der Waals surface area (Å²) in [6, 6.07) is 10.6. The number of aliphatic imine (C=N–C) groups is 1. The Balaban J connectivity index is 1.52. The van der Waals surface area contributed by atoms with Crippen molar-refractivity contribution >= 4 is 17.4 Å². The number of hydrogen-bond donors (Lipinski definition) is 1. The van der Waals surface area contributed by atoms with Crippen LogP contribution in [0.15, 0.2) is 53.8 Å². The lowest BCUT2D eigenvalue weighted by Gasteiger charge is -2.43. The highest BCUT2D eigenvalue weighted by molar-refractivity contribution is 6.29. The van der Waals surface area contributed by atoms with Crippen LogP contribution >= 0.6 is 11.6 Å². The van der Waals surface area contributed by atoms with E-state index in [2.05, 4.69) is 9.97 Å². The molecular formula is C25H22ClFN4O3. The van der Waals surface area contributed by atoms with Crippen LogP contribution in [0.3, 0.4) is 0 Å². The zero-order valence-electron chi connectivity index (χ0n) is 18.2. The van der Waals surface area contributed by atoms with Crippen molar-refractivity contribution in [2.75, 3.05) is 19.8 Å². The van der Waals surface area contributed by atoms with Crippen molar-refractivity contribution < 1.29 is 18.6 Å². The SMILES string of the molecule is NC1=N[C@@]2(CO[C@@H]1C1CCOCC1)c1cc(-c3cccnc3F)ccc1Oc1cnc(Cl)cc12. The number of rotatable bonds is 2. The van der Waals surface area contributed by atoms with Crippen molar-refractivity contribution in [3.8, 4) is 22.6 Å². The molecule has 1 fully saturated rings. The minimum Gasteiger partial charge on any atom is -0.455 e. The summed E-state index contributed by atoms with van der Waals surface area (Å²) in [6.45, 7) is 1.60. The van der Waals surface area contributed by atoms with Crippen LogP contribution < -0.4 is 10.5 Å². The Kier molecular flexibility index (Phi) is 5.24. The van der Waals surface area contributed by atoms with E-state index < -0.39 is 11.5 Å². The molecule has 2 aromatic heterocycles. The summed E-state index contributed by atoms with van der Waals surface area (Å²) in [5, 5.41) is 0.306. The van der Waals surface area contributed by atoms with Gasteiger partial charge in [-0.3, -0.25) is 4.99 Å². The molecular weight excluding hydrogens is 459 g/mol. The third-order valence-electron chi connectivity index (χ3n) is 6.77. The van der Waals surface area contributed by atoms with E-state index in [0.29, 0.717) is 52.4 Å².